The van der Waals surface area contributed by atoms with Crippen LogP contribution in [0.4, 0.5) is 4.39 Å². The molecule has 0 saturated carbocycles. The van der Waals surface area contributed by atoms with Gasteiger partial charge in [-0.1, -0.05) is 12.1 Å². The largest absolute Gasteiger partial charge is 0.311 e. The van der Waals surface area contributed by atoms with Gasteiger partial charge in [0, 0.05) is 13.2 Å². The van der Waals surface area contributed by atoms with Crippen LogP contribution < -0.4 is 5.32 Å². The Kier molecular flexibility index (Phi) is 4.14. The van der Waals surface area contributed by atoms with E-state index >= 15 is 0 Å². The molecule has 2 aromatic rings. The van der Waals surface area contributed by atoms with Crippen molar-refractivity contribution in [2.75, 3.05) is 7.05 Å². The molecule has 0 spiro atoms. The van der Waals surface area contributed by atoms with Gasteiger partial charge in [0.2, 0.25) is 0 Å². The lowest BCUT2D eigenvalue weighted by molar-refractivity contribution is 0.556. The van der Waals surface area contributed by atoms with Gasteiger partial charge < -0.3 is 5.32 Å². The van der Waals surface area contributed by atoms with E-state index in [-0.39, 0.29) is 11.9 Å². The van der Waals surface area contributed by atoms with Crippen molar-refractivity contribution in [2.45, 2.75) is 12.5 Å². The van der Waals surface area contributed by atoms with Crippen LogP contribution in [0.3, 0.4) is 0 Å². The number of nitrogens with zero attached hydrogens (tertiary/aromatic N) is 2. The first kappa shape index (κ1) is 13.2. The van der Waals surface area contributed by atoms with Crippen molar-refractivity contribution in [3.63, 3.8) is 0 Å². The van der Waals surface area contributed by atoms with Crippen molar-refractivity contribution < 1.29 is 4.39 Å². The third-order valence-electron chi connectivity index (χ3n) is 2.90. The second-order valence-electron chi connectivity index (χ2n) is 4.17. The molecule has 0 saturated heterocycles. The van der Waals surface area contributed by atoms with E-state index in [0.29, 0.717) is 10.9 Å². The second-order valence-corrected chi connectivity index (χ2v) is 4.97. The van der Waals surface area contributed by atoms with Gasteiger partial charge >= 0.3 is 0 Å². The van der Waals surface area contributed by atoms with Crippen molar-refractivity contribution >= 4 is 15.9 Å². The van der Waals surface area contributed by atoms with Gasteiger partial charge in [-0.3, -0.25) is 4.68 Å². The number of aromatic nitrogens is 2. The van der Waals surface area contributed by atoms with Crippen LogP contribution in [0.2, 0.25) is 0 Å². The van der Waals surface area contributed by atoms with E-state index in [1.807, 2.05) is 32.4 Å². The van der Waals surface area contributed by atoms with Crippen LogP contribution >= 0.6 is 15.9 Å². The van der Waals surface area contributed by atoms with Gasteiger partial charge in [-0.2, -0.15) is 5.10 Å². The van der Waals surface area contributed by atoms with Crippen LogP contribution in [-0.2, 0) is 13.5 Å². The van der Waals surface area contributed by atoms with Gasteiger partial charge in [0.25, 0.3) is 0 Å². The molecule has 0 amide bonds. The molecular formula is C13H15BrFN3. The number of benzene rings is 1. The molecule has 0 aliphatic rings. The molecule has 0 radical (unpaired) electrons. The van der Waals surface area contributed by atoms with E-state index in [2.05, 4.69) is 26.3 Å². The standard InChI is InChI=1S/C13H15BrFN3/c1-16-12(11-6-7-18(2)17-11)8-9-4-3-5-10(15)13(9)14/h3-7,12,16H,8H2,1-2H3. The fraction of sp³-hybridized carbons (Fsp3) is 0.308. The molecule has 1 aromatic heterocycles. The zero-order chi connectivity index (χ0) is 13.1. The van der Waals surface area contributed by atoms with E-state index in [9.17, 15) is 4.39 Å². The Morgan fingerprint density at radius 1 is 1.44 bits per heavy atom. The molecule has 1 aromatic carbocycles. The van der Waals surface area contributed by atoms with E-state index < -0.39 is 0 Å². The first-order valence-corrected chi connectivity index (χ1v) is 6.51. The summed E-state index contributed by atoms with van der Waals surface area (Å²) < 4.78 is 15.7. The molecule has 1 N–H and O–H groups in total. The predicted molar refractivity (Wildman–Crippen MR) is 72.8 cm³/mol. The summed E-state index contributed by atoms with van der Waals surface area (Å²) in [5.74, 6) is -0.233. The first-order chi connectivity index (χ1) is 8.61. The van der Waals surface area contributed by atoms with Gasteiger partial charge in [0.05, 0.1) is 16.2 Å². The van der Waals surface area contributed by atoms with E-state index in [0.717, 1.165) is 11.3 Å². The van der Waals surface area contributed by atoms with Gasteiger partial charge in [-0.05, 0) is 47.1 Å². The van der Waals surface area contributed by atoms with Crippen LogP contribution in [0.15, 0.2) is 34.9 Å². The third-order valence-corrected chi connectivity index (χ3v) is 3.78. The molecule has 18 heavy (non-hydrogen) atoms. The van der Waals surface area contributed by atoms with Gasteiger partial charge in [0.15, 0.2) is 0 Å². The number of hydrogen-bond donors (Lipinski definition) is 1. The lowest BCUT2D eigenvalue weighted by atomic mass is 10.0. The Hall–Kier alpha value is -1.20. The molecule has 0 fully saturated rings. The smallest absolute Gasteiger partial charge is 0.137 e. The maximum atomic E-state index is 13.5. The molecule has 1 heterocycles. The van der Waals surface area contributed by atoms with Crippen LogP contribution in [0.1, 0.15) is 17.3 Å². The molecular weight excluding hydrogens is 297 g/mol. The monoisotopic (exact) mass is 311 g/mol. The number of aryl methyl sites for hydroxylation is 1. The highest BCUT2D eigenvalue weighted by molar-refractivity contribution is 9.10. The van der Waals surface area contributed by atoms with Crippen LogP contribution in [-0.4, -0.2) is 16.8 Å². The Labute approximate surface area is 114 Å². The zero-order valence-electron chi connectivity index (χ0n) is 10.3. The second kappa shape index (κ2) is 5.63. The van der Waals surface area contributed by atoms with E-state index in [1.54, 1.807) is 10.7 Å². The Balaban J connectivity index is 2.23. The number of nitrogens with one attached hydrogen (secondary N) is 1. The summed E-state index contributed by atoms with van der Waals surface area (Å²) in [6.45, 7) is 0. The lowest BCUT2D eigenvalue weighted by Crippen LogP contribution is -2.20. The van der Waals surface area contributed by atoms with Crippen LogP contribution in [0.5, 0.6) is 0 Å². The fourth-order valence-corrected chi connectivity index (χ4v) is 2.33. The van der Waals surface area contributed by atoms with Gasteiger partial charge in [-0.15, -0.1) is 0 Å². The molecule has 3 nitrogen and oxygen atoms in total. The minimum atomic E-state index is -0.233. The molecule has 0 aliphatic heterocycles. The van der Waals surface area contributed by atoms with Gasteiger partial charge in [-0.25, -0.2) is 4.39 Å². The zero-order valence-corrected chi connectivity index (χ0v) is 11.9. The summed E-state index contributed by atoms with van der Waals surface area (Å²) in [7, 11) is 3.76. The maximum Gasteiger partial charge on any atom is 0.137 e. The van der Waals surface area contributed by atoms with E-state index in [4.69, 9.17) is 0 Å². The number of rotatable bonds is 4. The molecule has 2 rings (SSSR count). The molecule has 0 aliphatic carbocycles. The summed E-state index contributed by atoms with van der Waals surface area (Å²) in [6.07, 6.45) is 2.59. The summed E-state index contributed by atoms with van der Waals surface area (Å²) >= 11 is 3.29. The predicted octanol–water partition coefficient (Wildman–Crippen LogP) is 2.82. The highest BCUT2D eigenvalue weighted by Crippen LogP contribution is 2.25. The molecule has 1 unspecified atom stereocenters. The number of likely N-dealkylation sites (N-methyl/N-ethyl adjacent to an activating group) is 1. The maximum absolute atomic E-state index is 13.5. The summed E-state index contributed by atoms with van der Waals surface area (Å²) in [5.41, 5.74) is 1.89. The first-order valence-electron chi connectivity index (χ1n) is 5.71. The minimum Gasteiger partial charge on any atom is -0.311 e. The number of halogens is 2. The molecule has 5 heteroatoms. The van der Waals surface area contributed by atoms with E-state index in [1.165, 1.54) is 6.07 Å². The summed E-state index contributed by atoms with van der Waals surface area (Å²) in [5, 5.41) is 7.58. The Morgan fingerprint density at radius 2 is 2.22 bits per heavy atom. The quantitative estimate of drug-likeness (QED) is 0.941. The number of hydrogen-bond acceptors (Lipinski definition) is 2. The van der Waals surface area contributed by atoms with Crippen molar-refractivity contribution in [1.29, 1.82) is 0 Å². The Morgan fingerprint density at radius 3 is 2.83 bits per heavy atom. The summed E-state index contributed by atoms with van der Waals surface area (Å²) in [6, 6.07) is 7.13. The molecule has 0 bridgehead atoms. The van der Waals surface area contributed by atoms with Crippen molar-refractivity contribution in [1.82, 2.24) is 15.1 Å². The topological polar surface area (TPSA) is 29.9 Å². The minimum absolute atomic E-state index is 0.0734. The normalized spacial score (nSPS) is 12.7. The summed E-state index contributed by atoms with van der Waals surface area (Å²) in [4.78, 5) is 0. The van der Waals surface area contributed by atoms with Crippen molar-refractivity contribution in [3.05, 3.63) is 52.0 Å². The SMILES string of the molecule is CNC(Cc1cccc(F)c1Br)c1ccn(C)n1. The third kappa shape index (κ3) is 2.79. The van der Waals surface area contributed by atoms with Gasteiger partial charge in [0.1, 0.15) is 5.82 Å². The van der Waals surface area contributed by atoms with Crippen LogP contribution in [0.25, 0.3) is 0 Å². The Bertz CT molecular complexity index is 539. The van der Waals surface area contributed by atoms with Crippen molar-refractivity contribution in [3.8, 4) is 0 Å². The molecule has 1 atom stereocenters. The van der Waals surface area contributed by atoms with Crippen LogP contribution in [0, 0.1) is 5.82 Å². The lowest BCUT2D eigenvalue weighted by Gasteiger charge is -2.15. The highest BCUT2D eigenvalue weighted by atomic mass is 79.9. The van der Waals surface area contributed by atoms with Crippen molar-refractivity contribution in [2.24, 2.45) is 7.05 Å². The highest BCUT2D eigenvalue weighted by Gasteiger charge is 2.15. The molecule has 96 valence electrons. The fourth-order valence-electron chi connectivity index (χ4n) is 1.90. The average molecular weight is 312 g/mol. The average Bonchev–Trinajstić information content (AvgIpc) is 2.78.